The maximum atomic E-state index is 14.0. The zero-order chi connectivity index (χ0) is 50.0. The molecule has 1 saturated heterocycles. The molecule has 3 atom stereocenters. The Morgan fingerprint density at radius 2 is 1.68 bits per heavy atom. The topological polar surface area (TPSA) is 208 Å². The van der Waals surface area contributed by atoms with Gasteiger partial charge in [-0.25, -0.2) is 9.97 Å². The van der Waals surface area contributed by atoms with Crippen LogP contribution in [0.2, 0.25) is 0 Å². The van der Waals surface area contributed by atoms with Gasteiger partial charge in [0.15, 0.2) is 0 Å². The predicted octanol–water partition coefficient (Wildman–Crippen LogP) is 6.59. The monoisotopic (exact) mass is 984 g/mol. The Balaban J connectivity index is 0.751. The van der Waals surface area contributed by atoms with Gasteiger partial charge in [0.2, 0.25) is 17.7 Å². The lowest BCUT2D eigenvalue weighted by molar-refractivity contribution is -0.144. The Labute approximate surface area is 419 Å². The van der Waals surface area contributed by atoms with Crippen LogP contribution in [0.1, 0.15) is 68.1 Å². The number of ether oxygens (including phenoxy) is 3. The molecule has 6 aromatic rings. The molecule has 0 saturated carbocycles. The number of nitrogens with one attached hydrogen (secondary N) is 3. The maximum absolute atomic E-state index is 14.0. The third-order valence-corrected chi connectivity index (χ3v) is 12.8. The summed E-state index contributed by atoms with van der Waals surface area (Å²) in [7, 11) is 0. The second-order valence-corrected chi connectivity index (χ2v) is 19.2. The van der Waals surface area contributed by atoms with E-state index in [1.165, 1.54) is 4.90 Å². The van der Waals surface area contributed by atoms with Crippen LogP contribution >= 0.6 is 11.3 Å². The summed E-state index contributed by atoms with van der Waals surface area (Å²) in [4.78, 5) is 56.3. The fourth-order valence-electron chi connectivity index (χ4n) is 7.95. The van der Waals surface area contributed by atoms with Crippen molar-refractivity contribution in [2.75, 3.05) is 51.4 Å². The molecule has 0 radical (unpaired) electrons. The average molecular weight is 985 g/mol. The smallest absolute Gasteiger partial charge is 0.246 e. The average Bonchev–Trinajstić information content (AvgIpc) is 4.13. The number of likely N-dealkylation sites (tertiary alicyclic amines) is 1. The van der Waals surface area contributed by atoms with Gasteiger partial charge in [0.1, 0.15) is 23.6 Å². The second kappa shape index (κ2) is 26.0. The first-order valence-electron chi connectivity index (χ1n) is 24.0. The molecule has 374 valence electrons. The predicted molar refractivity (Wildman–Crippen MR) is 274 cm³/mol. The first-order valence-corrected chi connectivity index (χ1v) is 24.8. The van der Waals surface area contributed by atoms with E-state index in [4.69, 9.17) is 19.2 Å². The van der Waals surface area contributed by atoms with Crippen molar-refractivity contribution in [2.24, 2.45) is 5.41 Å². The molecule has 18 heteroatoms. The van der Waals surface area contributed by atoms with Gasteiger partial charge in [-0.2, -0.15) is 0 Å². The Hall–Kier alpha value is -6.70. The molecule has 5 heterocycles. The first-order chi connectivity index (χ1) is 34.4. The molecule has 1 fully saturated rings. The number of anilines is 1. The number of hydrogen-bond donors (Lipinski definition) is 4. The zero-order valence-electron chi connectivity index (χ0n) is 40.8. The molecule has 7 rings (SSSR count). The normalized spacial score (nSPS) is 15.3. The maximum Gasteiger partial charge on any atom is 0.246 e. The van der Waals surface area contributed by atoms with Crippen LogP contribution in [0.4, 0.5) is 5.82 Å². The van der Waals surface area contributed by atoms with Crippen molar-refractivity contribution in [2.45, 2.75) is 84.8 Å². The summed E-state index contributed by atoms with van der Waals surface area (Å²) in [6, 6.07) is 22.3. The molecule has 3 amide bonds. The molecule has 0 unspecified atom stereocenters. The summed E-state index contributed by atoms with van der Waals surface area (Å²) in [6.07, 6.45) is 11.6. The molecular formula is C53H64N10O7S. The van der Waals surface area contributed by atoms with Crippen molar-refractivity contribution in [3.8, 4) is 21.6 Å². The number of carbonyl (C=O) groups is 3. The van der Waals surface area contributed by atoms with E-state index in [2.05, 4.69) is 66.6 Å². The van der Waals surface area contributed by atoms with Crippen molar-refractivity contribution in [1.29, 1.82) is 0 Å². The third kappa shape index (κ3) is 15.6. The summed E-state index contributed by atoms with van der Waals surface area (Å²) in [6.45, 7) is 10.8. The molecule has 2 aromatic carbocycles. The van der Waals surface area contributed by atoms with Gasteiger partial charge >= 0.3 is 0 Å². The van der Waals surface area contributed by atoms with Gasteiger partial charge in [-0.05, 0) is 47.6 Å². The number of carbonyl (C=O) groups excluding carboxylic acids is 3. The fourth-order valence-corrected chi connectivity index (χ4v) is 8.77. The van der Waals surface area contributed by atoms with Crippen molar-refractivity contribution < 1.29 is 33.7 Å². The van der Waals surface area contributed by atoms with Gasteiger partial charge in [-0.3, -0.25) is 24.0 Å². The number of benzene rings is 2. The second-order valence-electron chi connectivity index (χ2n) is 18.4. The van der Waals surface area contributed by atoms with E-state index < -0.39 is 29.5 Å². The van der Waals surface area contributed by atoms with Gasteiger partial charge in [-0.1, -0.05) is 98.8 Å². The van der Waals surface area contributed by atoms with E-state index in [1.807, 2.05) is 106 Å². The summed E-state index contributed by atoms with van der Waals surface area (Å²) in [5, 5.41) is 28.3. The van der Waals surface area contributed by atoms with E-state index in [9.17, 15) is 19.5 Å². The molecule has 4 aromatic heterocycles. The van der Waals surface area contributed by atoms with Crippen LogP contribution in [0.3, 0.4) is 0 Å². The lowest BCUT2D eigenvalue weighted by Gasteiger charge is -2.35. The SMILES string of the molecule is Cc1ncsc1-c1ccc(CNC(=O)[C@@H]2C[C@@H](O)CN2C(=O)[C@@H](NC(=O)CCOCCOCCOCc2cn(CCCNc3ncc(-c4cccnc4)cc3/C=C/c3ccccc3)nn2)C(C)(C)C)cc1. The number of aliphatic hydroxyl groups is 1. The minimum absolute atomic E-state index is 0.00322. The highest BCUT2D eigenvalue weighted by molar-refractivity contribution is 7.13. The van der Waals surface area contributed by atoms with Crippen LogP contribution in [0, 0.1) is 12.3 Å². The van der Waals surface area contributed by atoms with Crippen molar-refractivity contribution in [1.82, 2.24) is 45.5 Å². The highest BCUT2D eigenvalue weighted by atomic mass is 32.1. The highest BCUT2D eigenvalue weighted by Gasteiger charge is 2.44. The van der Waals surface area contributed by atoms with Crippen molar-refractivity contribution in [3.05, 3.63) is 131 Å². The number of thiazole rings is 1. The molecule has 1 aliphatic heterocycles. The molecule has 71 heavy (non-hydrogen) atoms. The summed E-state index contributed by atoms with van der Waals surface area (Å²) in [5.74, 6) is -0.344. The van der Waals surface area contributed by atoms with Crippen LogP contribution in [-0.2, 0) is 48.3 Å². The lowest BCUT2D eigenvalue weighted by Crippen LogP contribution is -2.57. The van der Waals surface area contributed by atoms with Crippen LogP contribution in [0.5, 0.6) is 0 Å². The van der Waals surface area contributed by atoms with Gasteiger partial charge in [-0.15, -0.1) is 16.4 Å². The van der Waals surface area contributed by atoms with E-state index in [1.54, 1.807) is 22.2 Å². The standard InChI is InChI=1S/C53H64N10O7S/c1-37-48(71-36-58-37)40-16-14-39(15-17-40)30-57-51(66)46-29-45(64)34-63(46)52(67)49(53(2,3)4)59-47(65)19-23-68-24-25-69-26-27-70-35-44-33-62(61-60-44)22-9-21-55-50-41(18-13-38-10-6-5-7-11-38)28-43(32-56-50)42-12-8-20-54-31-42/h5-8,10-18,20,28,31-33,36,45-46,49,64H,9,19,21-27,29-30,34-35H2,1-4H3,(H,55,56)(H,57,66)(H,59,65)/b18-13+/t45-,46+,49-/m1/s1. The van der Waals surface area contributed by atoms with Crippen molar-refractivity contribution in [3.63, 3.8) is 0 Å². The number of rotatable bonds is 25. The Morgan fingerprint density at radius 1 is 0.901 bits per heavy atom. The summed E-state index contributed by atoms with van der Waals surface area (Å²) in [5.41, 5.74) is 8.85. The molecule has 0 bridgehead atoms. The Morgan fingerprint density at radius 3 is 2.41 bits per heavy atom. The molecule has 4 N–H and O–H groups in total. The third-order valence-electron chi connectivity index (χ3n) is 11.8. The quantitative estimate of drug-likeness (QED) is 0.0448. The molecule has 0 aliphatic carbocycles. The van der Waals surface area contributed by atoms with Gasteiger partial charge < -0.3 is 40.2 Å². The Kier molecular flexibility index (Phi) is 19.1. The fraction of sp³-hybridized carbons (Fsp3) is 0.396. The van der Waals surface area contributed by atoms with Crippen LogP contribution in [0.15, 0.2) is 103 Å². The number of hydrogen-bond acceptors (Lipinski definition) is 14. The van der Waals surface area contributed by atoms with Crippen LogP contribution < -0.4 is 16.0 Å². The number of nitrogens with zero attached hydrogens (tertiary/aromatic N) is 7. The van der Waals surface area contributed by atoms with E-state index >= 15 is 0 Å². The Bertz CT molecular complexity index is 2660. The van der Waals surface area contributed by atoms with Gasteiger partial charge in [0.25, 0.3) is 0 Å². The number of amides is 3. The van der Waals surface area contributed by atoms with Crippen molar-refractivity contribution >= 4 is 47.0 Å². The highest BCUT2D eigenvalue weighted by Crippen LogP contribution is 2.29. The summed E-state index contributed by atoms with van der Waals surface area (Å²) < 4.78 is 18.8. The lowest BCUT2D eigenvalue weighted by atomic mass is 9.85. The molecule has 17 nitrogen and oxygen atoms in total. The van der Waals surface area contributed by atoms with Crippen LogP contribution in [-0.4, -0.2) is 122 Å². The summed E-state index contributed by atoms with van der Waals surface area (Å²) >= 11 is 1.58. The van der Waals surface area contributed by atoms with Gasteiger partial charge in [0, 0.05) is 74.3 Å². The van der Waals surface area contributed by atoms with Crippen LogP contribution in [0.25, 0.3) is 33.7 Å². The van der Waals surface area contributed by atoms with E-state index in [-0.39, 0.29) is 51.0 Å². The largest absolute Gasteiger partial charge is 0.391 e. The first kappa shape index (κ1) is 52.1. The molecule has 1 aliphatic rings. The van der Waals surface area contributed by atoms with E-state index in [0.29, 0.717) is 39.5 Å². The number of aliphatic hydroxyl groups excluding tert-OH is 1. The number of aromatic nitrogens is 6. The number of β-amino-alcohol motifs (C(OH)–C–C–N with tert-alkyl or cyclic N) is 1. The number of aryl methyl sites for hydroxylation is 2. The zero-order valence-corrected chi connectivity index (χ0v) is 41.6. The molecule has 0 spiro atoms. The minimum Gasteiger partial charge on any atom is -0.391 e. The minimum atomic E-state index is -0.928. The number of pyridine rings is 2. The molecular weight excluding hydrogens is 921 g/mol. The van der Waals surface area contributed by atoms with Gasteiger partial charge in [0.05, 0.1) is 68.0 Å². The van der Waals surface area contributed by atoms with E-state index in [0.717, 1.165) is 61.9 Å².